The Labute approximate surface area is 167 Å². The van der Waals surface area contributed by atoms with Crippen LogP contribution in [-0.4, -0.2) is 21.9 Å². The Morgan fingerprint density at radius 2 is 1.66 bits per heavy atom. The molecule has 0 fully saturated rings. The highest BCUT2D eigenvalue weighted by Crippen LogP contribution is 2.24. The van der Waals surface area contributed by atoms with E-state index in [0.717, 1.165) is 22.3 Å². The minimum atomic E-state index is -0.471. The van der Waals surface area contributed by atoms with Gasteiger partial charge < -0.3 is 14.5 Å². The third-order valence-corrected chi connectivity index (χ3v) is 4.75. The number of hydrogen-bond donors (Lipinski definition) is 1. The van der Waals surface area contributed by atoms with Gasteiger partial charge in [0.2, 0.25) is 0 Å². The molecule has 0 atom stereocenters. The fourth-order valence-corrected chi connectivity index (χ4v) is 3.31. The molecule has 0 aliphatic rings. The van der Waals surface area contributed by atoms with E-state index in [1.165, 1.54) is 0 Å². The van der Waals surface area contributed by atoms with Crippen molar-refractivity contribution in [2.75, 3.05) is 7.11 Å². The molecule has 0 saturated heterocycles. The van der Waals surface area contributed by atoms with E-state index < -0.39 is 5.56 Å². The van der Waals surface area contributed by atoms with Gasteiger partial charge in [0.1, 0.15) is 5.75 Å². The summed E-state index contributed by atoms with van der Waals surface area (Å²) < 4.78 is 6.78. The summed E-state index contributed by atoms with van der Waals surface area (Å²) in [7, 11) is 1.61. The third kappa shape index (κ3) is 3.60. The molecule has 0 aliphatic carbocycles. The van der Waals surface area contributed by atoms with Crippen molar-refractivity contribution in [3.05, 3.63) is 100 Å². The van der Waals surface area contributed by atoms with Crippen LogP contribution in [0.1, 0.15) is 5.56 Å². The van der Waals surface area contributed by atoms with Crippen molar-refractivity contribution >= 4 is 10.9 Å². The predicted octanol–water partition coefficient (Wildman–Crippen LogP) is 3.41. The zero-order valence-corrected chi connectivity index (χ0v) is 15.8. The van der Waals surface area contributed by atoms with Gasteiger partial charge in [-0.2, -0.15) is 0 Å². The molecule has 4 aromatic rings. The maximum Gasteiger partial charge on any atom is 0.299 e. The Balaban J connectivity index is 2.02. The van der Waals surface area contributed by atoms with Crippen LogP contribution in [0.3, 0.4) is 0 Å². The predicted molar refractivity (Wildman–Crippen MR) is 111 cm³/mol. The minimum absolute atomic E-state index is 0.256. The lowest BCUT2D eigenvalue weighted by atomic mass is 10.1. The number of hydrogen-bond acceptors (Lipinski definition) is 5. The van der Waals surface area contributed by atoms with Gasteiger partial charge in [-0.1, -0.05) is 65.8 Å². The van der Waals surface area contributed by atoms with Gasteiger partial charge in [-0.3, -0.25) is 4.79 Å². The molecule has 1 aromatic heterocycles. The van der Waals surface area contributed by atoms with Crippen LogP contribution >= 0.6 is 0 Å². The summed E-state index contributed by atoms with van der Waals surface area (Å²) in [5, 5.41) is 13.5. The van der Waals surface area contributed by atoms with Crippen LogP contribution in [0.4, 0.5) is 0 Å². The van der Waals surface area contributed by atoms with E-state index in [2.05, 4.69) is 10.1 Å². The van der Waals surface area contributed by atoms with Crippen LogP contribution in [0.2, 0.25) is 0 Å². The van der Waals surface area contributed by atoms with Crippen LogP contribution in [-0.2, 0) is 6.54 Å². The molecule has 0 bridgehead atoms. The summed E-state index contributed by atoms with van der Waals surface area (Å²) in [5.41, 5.74) is 2.30. The van der Waals surface area contributed by atoms with E-state index in [9.17, 15) is 10.0 Å². The van der Waals surface area contributed by atoms with Gasteiger partial charge in [-0.25, -0.2) is 4.98 Å². The van der Waals surface area contributed by atoms with E-state index in [4.69, 9.17) is 4.74 Å². The maximum atomic E-state index is 13.1. The highest BCUT2D eigenvalue weighted by Gasteiger charge is 2.12. The molecule has 1 N–H and O–H groups in total. The normalized spacial score (nSPS) is 11.6. The van der Waals surface area contributed by atoms with E-state index >= 15 is 0 Å². The number of methoxy groups -OCH3 is 1. The molecule has 4 rings (SSSR count). The molecule has 0 amide bonds. The van der Waals surface area contributed by atoms with Crippen molar-refractivity contribution in [2.45, 2.75) is 6.54 Å². The molecule has 6 heteroatoms. The van der Waals surface area contributed by atoms with E-state index in [1.54, 1.807) is 11.7 Å². The van der Waals surface area contributed by atoms with Crippen molar-refractivity contribution in [1.82, 2.24) is 9.55 Å². The summed E-state index contributed by atoms with van der Waals surface area (Å²) in [6.45, 7) is 0.302. The van der Waals surface area contributed by atoms with Gasteiger partial charge in [-0.05, 0) is 23.8 Å². The van der Waals surface area contributed by atoms with Gasteiger partial charge in [0.15, 0.2) is 0 Å². The highest BCUT2D eigenvalue weighted by atomic mass is 16.5. The SMILES string of the molecule is COc1ccc(Cn2c(=O)/c(=N\O)nc(-c3ccccc3)c3ccccc32)cc1. The summed E-state index contributed by atoms with van der Waals surface area (Å²) >= 11 is 0. The molecule has 144 valence electrons. The Morgan fingerprint density at radius 3 is 2.34 bits per heavy atom. The lowest BCUT2D eigenvalue weighted by Crippen LogP contribution is -2.34. The number of ether oxygens (including phenoxy) is 1. The van der Waals surface area contributed by atoms with Crippen LogP contribution in [0.5, 0.6) is 5.75 Å². The second-order valence-corrected chi connectivity index (χ2v) is 6.51. The monoisotopic (exact) mass is 385 g/mol. The average Bonchev–Trinajstić information content (AvgIpc) is 2.90. The Kier molecular flexibility index (Phi) is 5.07. The first-order valence-corrected chi connectivity index (χ1v) is 9.11. The van der Waals surface area contributed by atoms with Gasteiger partial charge >= 0.3 is 0 Å². The van der Waals surface area contributed by atoms with E-state index in [1.807, 2.05) is 78.9 Å². The largest absolute Gasteiger partial charge is 0.497 e. The van der Waals surface area contributed by atoms with Crippen molar-refractivity contribution in [2.24, 2.45) is 5.16 Å². The highest BCUT2D eigenvalue weighted by molar-refractivity contribution is 5.91. The molecule has 0 saturated carbocycles. The summed E-state index contributed by atoms with van der Waals surface area (Å²) in [4.78, 5) is 17.6. The fraction of sp³-hybridized carbons (Fsp3) is 0.0870. The second kappa shape index (κ2) is 7.98. The van der Waals surface area contributed by atoms with Crippen LogP contribution < -0.4 is 15.8 Å². The number of benzene rings is 3. The number of fused-ring (bicyclic) bond motifs is 1. The van der Waals surface area contributed by atoms with Crippen molar-refractivity contribution in [3.8, 4) is 17.0 Å². The van der Waals surface area contributed by atoms with Crippen molar-refractivity contribution in [1.29, 1.82) is 0 Å². The first kappa shape index (κ1) is 18.4. The average molecular weight is 385 g/mol. The zero-order chi connectivity index (χ0) is 20.2. The van der Waals surface area contributed by atoms with Gasteiger partial charge in [0.25, 0.3) is 11.0 Å². The number of aromatic nitrogens is 2. The summed E-state index contributed by atoms with van der Waals surface area (Å²) in [6.07, 6.45) is 0. The number of rotatable bonds is 4. The molecular weight excluding hydrogens is 366 g/mol. The standard InChI is InChI=1S/C23H19N3O3/c1-29-18-13-11-16(12-14-18)15-26-20-10-6-5-9-19(20)21(17-7-3-2-4-8-17)24-22(25-28)23(26)27/h2-14,28H,15H2,1H3/b25-22+. The first-order chi connectivity index (χ1) is 14.2. The summed E-state index contributed by atoms with van der Waals surface area (Å²) in [5.74, 6) is 0.739. The first-order valence-electron chi connectivity index (χ1n) is 9.11. The maximum absolute atomic E-state index is 13.1. The third-order valence-electron chi connectivity index (χ3n) is 4.75. The molecule has 0 aliphatic heterocycles. The summed E-state index contributed by atoms with van der Waals surface area (Å²) in [6, 6.07) is 24.6. The Hall–Kier alpha value is -3.93. The molecule has 6 nitrogen and oxygen atoms in total. The number of nitrogens with zero attached hydrogens (tertiary/aromatic N) is 3. The van der Waals surface area contributed by atoms with Crippen LogP contribution in [0.15, 0.2) is 88.8 Å². The molecule has 1 heterocycles. The van der Waals surface area contributed by atoms with E-state index in [-0.39, 0.29) is 5.49 Å². The fourth-order valence-electron chi connectivity index (χ4n) is 3.31. The quantitative estimate of drug-likeness (QED) is 0.431. The minimum Gasteiger partial charge on any atom is -0.497 e. The molecular formula is C23H19N3O3. The Morgan fingerprint density at radius 1 is 0.966 bits per heavy atom. The van der Waals surface area contributed by atoms with Crippen molar-refractivity contribution < 1.29 is 9.94 Å². The topological polar surface area (TPSA) is 76.7 Å². The molecule has 29 heavy (non-hydrogen) atoms. The molecule has 0 radical (unpaired) electrons. The molecule has 3 aromatic carbocycles. The molecule has 0 unspecified atom stereocenters. The lowest BCUT2D eigenvalue weighted by Gasteiger charge is -2.09. The molecule has 0 spiro atoms. The van der Waals surface area contributed by atoms with Gasteiger partial charge in [-0.15, -0.1) is 0 Å². The van der Waals surface area contributed by atoms with Gasteiger partial charge in [0.05, 0.1) is 24.9 Å². The van der Waals surface area contributed by atoms with E-state index in [0.29, 0.717) is 17.8 Å². The Bertz CT molecular complexity index is 1280. The second-order valence-electron chi connectivity index (χ2n) is 6.51. The lowest BCUT2D eigenvalue weighted by molar-refractivity contribution is 0.297. The van der Waals surface area contributed by atoms with Crippen molar-refractivity contribution in [3.63, 3.8) is 0 Å². The van der Waals surface area contributed by atoms with Gasteiger partial charge in [0, 0.05) is 10.9 Å². The zero-order valence-electron chi connectivity index (χ0n) is 15.8. The van der Waals surface area contributed by atoms with Crippen LogP contribution in [0, 0.1) is 0 Å². The number of para-hydroxylation sites is 1. The van der Waals surface area contributed by atoms with Crippen LogP contribution in [0.25, 0.3) is 22.2 Å². The smallest absolute Gasteiger partial charge is 0.299 e.